The lowest BCUT2D eigenvalue weighted by atomic mass is 10.1. The lowest BCUT2D eigenvalue weighted by molar-refractivity contribution is -0.141. The molecule has 1 aromatic rings. The number of ether oxygens (including phenoxy) is 1. The molecule has 1 amide bonds. The summed E-state index contributed by atoms with van der Waals surface area (Å²) in [5.41, 5.74) is 7.59. The van der Waals surface area contributed by atoms with E-state index in [1.165, 1.54) is 12.0 Å². The number of esters is 1. The number of amides is 1. The van der Waals surface area contributed by atoms with Crippen molar-refractivity contribution in [1.29, 1.82) is 0 Å². The summed E-state index contributed by atoms with van der Waals surface area (Å²) >= 11 is 0. The molecule has 0 atom stereocenters. The average molecular weight is 264 g/mol. The van der Waals surface area contributed by atoms with Crippen LogP contribution in [0.4, 0.5) is 5.69 Å². The zero-order chi connectivity index (χ0) is 14.6. The van der Waals surface area contributed by atoms with Crippen molar-refractivity contribution in [3.05, 3.63) is 29.3 Å². The summed E-state index contributed by atoms with van der Waals surface area (Å²) in [6.45, 7) is 5.48. The summed E-state index contributed by atoms with van der Waals surface area (Å²) in [5, 5.41) is 0. The van der Waals surface area contributed by atoms with Gasteiger partial charge in [-0.1, -0.05) is 11.6 Å². The molecule has 0 aromatic heterocycles. The van der Waals surface area contributed by atoms with E-state index < -0.39 is 5.97 Å². The summed E-state index contributed by atoms with van der Waals surface area (Å²) < 4.78 is 4.61. The van der Waals surface area contributed by atoms with Gasteiger partial charge < -0.3 is 15.4 Å². The van der Waals surface area contributed by atoms with Crippen LogP contribution in [0.2, 0.25) is 0 Å². The SMILES string of the molecule is COC(=O)CN(C(=O)c1cc(C)ccc1N)C(C)C. The Morgan fingerprint density at radius 2 is 2.00 bits per heavy atom. The summed E-state index contributed by atoms with van der Waals surface area (Å²) in [7, 11) is 1.30. The highest BCUT2D eigenvalue weighted by Gasteiger charge is 2.23. The Morgan fingerprint density at radius 1 is 1.37 bits per heavy atom. The second-order valence-corrected chi connectivity index (χ2v) is 4.69. The van der Waals surface area contributed by atoms with Crippen LogP contribution in [0.5, 0.6) is 0 Å². The first-order chi connectivity index (χ1) is 8.86. The zero-order valence-electron chi connectivity index (χ0n) is 11.8. The maximum atomic E-state index is 12.4. The molecule has 0 bridgehead atoms. The van der Waals surface area contributed by atoms with E-state index in [0.29, 0.717) is 11.3 Å². The van der Waals surface area contributed by atoms with E-state index >= 15 is 0 Å². The third-order valence-corrected chi connectivity index (χ3v) is 2.85. The minimum absolute atomic E-state index is 0.0830. The number of nitrogen functional groups attached to an aromatic ring is 1. The quantitative estimate of drug-likeness (QED) is 0.662. The van der Waals surface area contributed by atoms with Gasteiger partial charge in [-0.05, 0) is 32.9 Å². The Labute approximate surface area is 113 Å². The first-order valence-corrected chi connectivity index (χ1v) is 6.10. The van der Waals surface area contributed by atoms with Crippen molar-refractivity contribution in [2.24, 2.45) is 0 Å². The van der Waals surface area contributed by atoms with Crippen LogP contribution in [0, 0.1) is 6.92 Å². The van der Waals surface area contributed by atoms with E-state index in [0.717, 1.165) is 5.56 Å². The highest BCUT2D eigenvalue weighted by Crippen LogP contribution is 2.17. The van der Waals surface area contributed by atoms with Crippen molar-refractivity contribution in [2.45, 2.75) is 26.8 Å². The topological polar surface area (TPSA) is 72.6 Å². The molecule has 0 aliphatic heterocycles. The smallest absolute Gasteiger partial charge is 0.325 e. The van der Waals surface area contributed by atoms with Crippen molar-refractivity contribution in [2.75, 3.05) is 19.4 Å². The van der Waals surface area contributed by atoms with Crippen LogP contribution in [0.15, 0.2) is 18.2 Å². The summed E-state index contributed by atoms with van der Waals surface area (Å²) in [6.07, 6.45) is 0. The van der Waals surface area contributed by atoms with Gasteiger partial charge in [0.25, 0.3) is 5.91 Å². The number of aryl methyl sites for hydroxylation is 1. The number of nitrogens with zero attached hydrogens (tertiary/aromatic N) is 1. The Bertz CT molecular complexity index is 484. The molecule has 0 heterocycles. The Balaban J connectivity index is 3.05. The van der Waals surface area contributed by atoms with Crippen molar-refractivity contribution in [3.8, 4) is 0 Å². The third-order valence-electron chi connectivity index (χ3n) is 2.85. The Hall–Kier alpha value is -2.04. The molecule has 0 aliphatic rings. The number of carbonyl (C=O) groups is 2. The third kappa shape index (κ3) is 3.71. The Kier molecular flexibility index (Phi) is 4.92. The molecule has 0 radical (unpaired) electrons. The average Bonchev–Trinajstić information content (AvgIpc) is 2.37. The summed E-state index contributed by atoms with van der Waals surface area (Å²) in [5.74, 6) is -0.713. The van der Waals surface area contributed by atoms with Gasteiger partial charge in [-0.3, -0.25) is 9.59 Å². The van der Waals surface area contributed by atoms with Crippen LogP contribution in [0.3, 0.4) is 0 Å². The van der Waals surface area contributed by atoms with Gasteiger partial charge in [0, 0.05) is 11.7 Å². The second kappa shape index (κ2) is 6.22. The van der Waals surface area contributed by atoms with E-state index in [1.54, 1.807) is 12.1 Å². The van der Waals surface area contributed by atoms with Crippen molar-refractivity contribution in [3.63, 3.8) is 0 Å². The molecule has 104 valence electrons. The van der Waals surface area contributed by atoms with Gasteiger partial charge in [-0.15, -0.1) is 0 Å². The molecule has 0 aliphatic carbocycles. The molecule has 0 fully saturated rings. The van der Waals surface area contributed by atoms with E-state index in [9.17, 15) is 9.59 Å². The van der Waals surface area contributed by atoms with Gasteiger partial charge in [0.1, 0.15) is 6.54 Å². The van der Waals surface area contributed by atoms with Crippen LogP contribution in [0.1, 0.15) is 29.8 Å². The van der Waals surface area contributed by atoms with Crippen LogP contribution in [0.25, 0.3) is 0 Å². The first-order valence-electron chi connectivity index (χ1n) is 6.10. The molecule has 5 heteroatoms. The number of anilines is 1. The highest BCUT2D eigenvalue weighted by atomic mass is 16.5. The number of methoxy groups -OCH3 is 1. The van der Waals surface area contributed by atoms with Gasteiger partial charge in [0.05, 0.1) is 12.7 Å². The summed E-state index contributed by atoms with van der Waals surface area (Å²) in [4.78, 5) is 25.3. The fraction of sp³-hybridized carbons (Fsp3) is 0.429. The van der Waals surface area contributed by atoms with Crippen LogP contribution >= 0.6 is 0 Å². The maximum absolute atomic E-state index is 12.4. The number of hydrogen-bond acceptors (Lipinski definition) is 4. The first kappa shape index (κ1) is 15.0. The van der Waals surface area contributed by atoms with Crippen LogP contribution < -0.4 is 5.73 Å². The molecular formula is C14H20N2O3. The van der Waals surface area contributed by atoms with E-state index in [4.69, 9.17) is 5.73 Å². The zero-order valence-corrected chi connectivity index (χ0v) is 11.8. The molecule has 0 unspecified atom stereocenters. The van der Waals surface area contributed by atoms with Gasteiger partial charge in [0.2, 0.25) is 0 Å². The number of carbonyl (C=O) groups excluding carboxylic acids is 2. The van der Waals surface area contributed by atoms with E-state index in [2.05, 4.69) is 4.74 Å². The minimum atomic E-state index is -0.451. The second-order valence-electron chi connectivity index (χ2n) is 4.69. The maximum Gasteiger partial charge on any atom is 0.325 e. The molecule has 0 saturated carbocycles. The van der Waals surface area contributed by atoms with Gasteiger partial charge >= 0.3 is 5.97 Å². The number of benzene rings is 1. The number of hydrogen-bond donors (Lipinski definition) is 1. The van der Waals surface area contributed by atoms with Crippen molar-refractivity contribution < 1.29 is 14.3 Å². The molecule has 1 rings (SSSR count). The largest absolute Gasteiger partial charge is 0.468 e. The molecule has 2 N–H and O–H groups in total. The minimum Gasteiger partial charge on any atom is -0.468 e. The molecule has 0 spiro atoms. The fourth-order valence-corrected chi connectivity index (χ4v) is 1.70. The lowest BCUT2D eigenvalue weighted by Crippen LogP contribution is -2.41. The predicted octanol–water partition coefficient (Wildman–Crippen LogP) is 1.60. The van der Waals surface area contributed by atoms with E-state index in [1.807, 2.05) is 26.8 Å². The fourth-order valence-electron chi connectivity index (χ4n) is 1.70. The normalized spacial score (nSPS) is 10.4. The highest BCUT2D eigenvalue weighted by molar-refractivity contribution is 6.00. The lowest BCUT2D eigenvalue weighted by Gasteiger charge is -2.26. The summed E-state index contributed by atoms with van der Waals surface area (Å²) in [6, 6.07) is 5.14. The molecule has 0 saturated heterocycles. The standard InChI is InChI=1S/C14H20N2O3/c1-9(2)16(8-13(17)19-4)14(18)11-7-10(3)5-6-12(11)15/h5-7,9H,8,15H2,1-4H3. The molecule has 19 heavy (non-hydrogen) atoms. The number of rotatable bonds is 4. The Morgan fingerprint density at radius 3 is 2.53 bits per heavy atom. The van der Waals surface area contributed by atoms with E-state index in [-0.39, 0.29) is 18.5 Å². The van der Waals surface area contributed by atoms with Crippen molar-refractivity contribution >= 4 is 17.6 Å². The van der Waals surface area contributed by atoms with Gasteiger partial charge in [0.15, 0.2) is 0 Å². The van der Waals surface area contributed by atoms with Gasteiger partial charge in [-0.2, -0.15) is 0 Å². The van der Waals surface area contributed by atoms with Gasteiger partial charge in [-0.25, -0.2) is 0 Å². The predicted molar refractivity (Wildman–Crippen MR) is 73.8 cm³/mol. The monoisotopic (exact) mass is 264 g/mol. The van der Waals surface area contributed by atoms with Crippen LogP contribution in [-0.4, -0.2) is 36.5 Å². The van der Waals surface area contributed by atoms with Crippen LogP contribution in [-0.2, 0) is 9.53 Å². The molecule has 5 nitrogen and oxygen atoms in total. The number of nitrogens with two attached hydrogens (primary N) is 1. The molecule has 1 aromatic carbocycles. The van der Waals surface area contributed by atoms with Crippen molar-refractivity contribution in [1.82, 2.24) is 4.90 Å². The molecular weight excluding hydrogens is 244 g/mol.